The van der Waals surface area contributed by atoms with Gasteiger partial charge in [-0.25, -0.2) is 0 Å². The maximum absolute atomic E-state index is 12.6. The SMILES string of the molecule is CCCN(CCC)C(=O)c1ccc(NC(=O)COc2cc(C)cc(C)c2)cc1. The topological polar surface area (TPSA) is 58.6 Å². The summed E-state index contributed by atoms with van der Waals surface area (Å²) in [6, 6.07) is 12.9. The molecule has 2 rings (SSSR count). The number of hydrogen-bond donors (Lipinski definition) is 1. The maximum atomic E-state index is 12.6. The fraction of sp³-hybridized carbons (Fsp3) is 0.391. The summed E-state index contributed by atoms with van der Waals surface area (Å²) in [5.74, 6) is 0.470. The zero-order chi connectivity index (χ0) is 20.5. The zero-order valence-electron chi connectivity index (χ0n) is 17.2. The third kappa shape index (κ3) is 6.41. The van der Waals surface area contributed by atoms with Gasteiger partial charge in [-0.05, 0) is 74.2 Å². The van der Waals surface area contributed by atoms with Crippen LogP contribution in [0.5, 0.6) is 5.75 Å². The fourth-order valence-corrected chi connectivity index (χ4v) is 3.10. The van der Waals surface area contributed by atoms with E-state index < -0.39 is 0 Å². The Balaban J connectivity index is 1.92. The Bertz CT molecular complexity index is 774. The second kappa shape index (κ2) is 10.5. The molecule has 0 heterocycles. The normalized spacial score (nSPS) is 10.4. The standard InChI is InChI=1S/C23H30N2O3/c1-5-11-25(12-6-2)23(27)19-7-9-20(10-8-19)24-22(26)16-28-21-14-17(3)13-18(4)15-21/h7-10,13-15H,5-6,11-12,16H2,1-4H3,(H,24,26). The van der Waals surface area contributed by atoms with Crippen LogP contribution in [-0.2, 0) is 4.79 Å². The van der Waals surface area contributed by atoms with Crippen LogP contribution in [-0.4, -0.2) is 36.4 Å². The quantitative estimate of drug-likeness (QED) is 0.690. The van der Waals surface area contributed by atoms with Crippen molar-refractivity contribution in [3.8, 4) is 5.75 Å². The molecule has 0 saturated carbocycles. The van der Waals surface area contributed by atoms with Crippen molar-refractivity contribution in [3.63, 3.8) is 0 Å². The van der Waals surface area contributed by atoms with Gasteiger partial charge >= 0.3 is 0 Å². The van der Waals surface area contributed by atoms with Crippen molar-refractivity contribution in [2.24, 2.45) is 0 Å². The maximum Gasteiger partial charge on any atom is 0.262 e. The van der Waals surface area contributed by atoms with Crippen LogP contribution in [0.2, 0.25) is 0 Å². The van der Waals surface area contributed by atoms with E-state index in [1.807, 2.05) is 30.9 Å². The molecule has 2 amide bonds. The van der Waals surface area contributed by atoms with Gasteiger partial charge in [0, 0.05) is 24.3 Å². The Hall–Kier alpha value is -2.82. The van der Waals surface area contributed by atoms with E-state index >= 15 is 0 Å². The van der Waals surface area contributed by atoms with E-state index in [1.54, 1.807) is 24.3 Å². The zero-order valence-corrected chi connectivity index (χ0v) is 17.2. The first-order valence-electron chi connectivity index (χ1n) is 9.83. The summed E-state index contributed by atoms with van der Waals surface area (Å²) in [7, 11) is 0. The van der Waals surface area contributed by atoms with E-state index in [0.717, 1.165) is 37.1 Å². The van der Waals surface area contributed by atoms with E-state index in [4.69, 9.17) is 4.74 Å². The van der Waals surface area contributed by atoms with Gasteiger partial charge in [-0.1, -0.05) is 19.9 Å². The van der Waals surface area contributed by atoms with Crippen LogP contribution < -0.4 is 10.1 Å². The molecule has 1 N–H and O–H groups in total. The lowest BCUT2D eigenvalue weighted by Gasteiger charge is -2.21. The molecular weight excluding hydrogens is 352 g/mol. The van der Waals surface area contributed by atoms with Gasteiger partial charge in [-0.15, -0.1) is 0 Å². The van der Waals surface area contributed by atoms with E-state index in [2.05, 4.69) is 25.2 Å². The van der Waals surface area contributed by atoms with Gasteiger partial charge in [0.2, 0.25) is 0 Å². The summed E-state index contributed by atoms with van der Waals surface area (Å²) in [5, 5.41) is 2.80. The highest BCUT2D eigenvalue weighted by Crippen LogP contribution is 2.16. The van der Waals surface area contributed by atoms with E-state index in [0.29, 0.717) is 17.0 Å². The smallest absolute Gasteiger partial charge is 0.262 e. The van der Waals surface area contributed by atoms with Gasteiger partial charge in [-0.2, -0.15) is 0 Å². The molecule has 0 spiro atoms. The van der Waals surface area contributed by atoms with Crippen molar-refractivity contribution in [1.82, 2.24) is 4.90 Å². The third-order valence-corrected chi connectivity index (χ3v) is 4.26. The van der Waals surface area contributed by atoms with Crippen LogP contribution in [0.1, 0.15) is 48.2 Å². The van der Waals surface area contributed by atoms with Gasteiger partial charge in [0.1, 0.15) is 5.75 Å². The molecule has 0 atom stereocenters. The average Bonchev–Trinajstić information content (AvgIpc) is 2.65. The van der Waals surface area contributed by atoms with Crippen LogP contribution in [0.3, 0.4) is 0 Å². The van der Waals surface area contributed by atoms with E-state index in [9.17, 15) is 9.59 Å². The molecule has 0 aliphatic heterocycles. The van der Waals surface area contributed by atoms with Crippen molar-refractivity contribution in [3.05, 3.63) is 59.2 Å². The number of hydrogen-bond acceptors (Lipinski definition) is 3. The van der Waals surface area contributed by atoms with Gasteiger partial charge in [0.25, 0.3) is 11.8 Å². The molecule has 2 aromatic rings. The van der Waals surface area contributed by atoms with Crippen LogP contribution in [0, 0.1) is 13.8 Å². The first kappa shape index (κ1) is 21.5. The Labute approximate surface area is 167 Å². The largest absolute Gasteiger partial charge is 0.484 e. The molecule has 0 aromatic heterocycles. The highest BCUT2D eigenvalue weighted by atomic mass is 16.5. The van der Waals surface area contributed by atoms with Crippen LogP contribution in [0.15, 0.2) is 42.5 Å². The summed E-state index contributed by atoms with van der Waals surface area (Å²) in [5.41, 5.74) is 3.46. The number of nitrogens with one attached hydrogen (secondary N) is 1. The predicted octanol–water partition coefficient (Wildman–Crippen LogP) is 4.58. The molecule has 0 radical (unpaired) electrons. The summed E-state index contributed by atoms with van der Waals surface area (Å²) < 4.78 is 5.58. The highest BCUT2D eigenvalue weighted by molar-refractivity contribution is 5.96. The van der Waals surface area contributed by atoms with Crippen molar-refractivity contribution < 1.29 is 14.3 Å². The molecule has 0 aliphatic rings. The number of benzene rings is 2. The molecular formula is C23H30N2O3. The number of anilines is 1. The lowest BCUT2D eigenvalue weighted by atomic mass is 10.1. The molecule has 2 aromatic carbocycles. The lowest BCUT2D eigenvalue weighted by Crippen LogP contribution is -2.32. The molecule has 5 nitrogen and oxygen atoms in total. The van der Waals surface area contributed by atoms with Gasteiger partial charge in [0.15, 0.2) is 6.61 Å². The van der Waals surface area contributed by atoms with Gasteiger partial charge < -0.3 is 15.0 Å². The third-order valence-electron chi connectivity index (χ3n) is 4.26. The molecule has 0 saturated heterocycles. The monoisotopic (exact) mass is 382 g/mol. The molecule has 0 bridgehead atoms. The van der Waals surface area contributed by atoms with Crippen LogP contribution in [0.25, 0.3) is 0 Å². The van der Waals surface area contributed by atoms with E-state index in [-0.39, 0.29) is 18.4 Å². The second-order valence-electron chi connectivity index (χ2n) is 7.03. The summed E-state index contributed by atoms with van der Waals surface area (Å²) in [6.07, 6.45) is 1.86. The number of nitrogens with zero attached hydrogens (tertiary/aromatic N) is 1. The Morgan fingerprint density at radius 1 is 0.929 bits per heavy atom. The van der Waals surface area contributed by atoms with Crippen molar-refractivity contribution >= 4 is 17.5 Å². The Kier molecular flexibility index (Phi) is 8.05. The molecule has 0 aliphatic carbocycles. The second-order valence-corrected chi connectivity index (χ2v) is 7.03. The Morgan fingerprint density at radius 3 is 2.04 bits per heavy atom. The minimum Gasteiger partial charge on any atom is -0.484 e. The van der Waals surface area contributed by atoms with Crippen molar-refractivity contribution in [1.29, 1.82) is 0 Å². The summed E-state index contributed by atoms with van der Waals surface area (Å²) in [4.78, 5) is 26.6. The van der Waals surface area contributed by atoms with Gasteiger partial charge in [-0.3, -0.25) is 9.59 Å². The number of ether oxygens (including phenoxy) is 1. The number of carbonyl (C=O) groups excluding carboxylic acids is 2. The molecule has 150 valence electrons. The molecule has 0 fully saturated rings. The van der Waals surface area contributed by atoms with Gasteiger partial charge in [0.05, 0.1) is 0 Å². The molecule has 0 unspecified atom stereocenters. The fourth-order valence-electron chi connectivity index (χ4n) is 3.10. The lowest BCUT2D eigenvalue weighted by molar-refractivity contribution is -0.118. The Morgan fingerprint density at radius 2 is 1.50 bits per heavy atom. The average molecular weight is 383 g/mol. The van der Waals surface area contributed by atoms with Crippen LogP contribution >= 0.6 is 0 Å². The molecule has 5 heteroatoms. The predicted molar refractivity (Wildman–Crippen MR) is 113 cm³/mol. The summed E-state index contributed by atoms with van der Waals surface area (Å²) >= 11 is 0. The van der Waals surface area contributed by atoms with E-state index in [1.165, 1.54) is 0 Å². The number of carbonyl (C=O) groups is 2. The highest BCUT2D eigenvalue weighted by Gasteiger charge is 2.14. The molecule has 28 heavy (non-hydrogen) atoms. The first-order chi connectivity index (χ1) is 13.4. The summed E-state index contributed by atoms with van der Waals surface area (Å²) in [6.45, 7) is 9.55. The number of aryl methyl sites for hydroxylation is 2. The minimum absolute atomic E-state index is 0.0275. The van der Waals surface area contributed by atoms with Crippen molar-refractivity contribution in [2.45, 2.75) is 40.5 Å². The number of amides is 2. The van der Waals surface area contributed by atoms with Crippen molar-refractivity contribution in [2.75, 3.05) is 25.0 Å². The first-order valence-corrected chi connectivity index (χ1v) is 9.83. The number of rotatable bonds is 9. The minimum atomic E-state index is -0.239. The van der Waals surface area contributed by atoms with Crippen LogP contribution in [0.4, 0.5) is 5.69 Å².